The van der Waals surface area contributed by atoms with Gasteiger partial charge < -0.3 is 5.11 Å². The Morgan fingerprint density at radius 1 is 1.26 bits per heavy atom. The third-order valence-corrected chi connectivity index (χ3v) is 3.98. The molecule has 0 fully saturated rings. The summed E-state index contributed by atoms with van der Waals surface area (Å²) in [4.78, 5) is 6.72. The van der Waals surface area contributed by atoms with E-state index < -0.39 is 0 Å². The molecule has 1 heterocycles. The number of benzene rings is 1. The van der Waals surface area contributed by atoms with Gasteiger partial charge in [0.15, 0.2) is 0 Å². The number of aromatic nitrogens is 1. The number of nitrogens with zero attached hydrogens (tertiary/aromatic N) is 2. The van der Waals surface area contributed by atoms with Gasteiger partial charge in [-0.2, -0.15) is 0 Å². The Bertz CT molecular complexity index is 458. The zero-order valence-electron chi connectivity index (χ0n) is 11.2. The van der Waals surface area contributed by atoms with Crippen LogP contribution in [0.4, 0.5) is 0 Å². The Balaban J connectivity index is 2.05. The summed E-state index contributed by atoms with van der Waals surface area (Å²) in [6.07, 6.45) is 2.63. The van der Waals surface area contributed by atoms with Crippen molar-refractivity contribution in [2.75, 3.05) is 6.61 Å². The van der Waals surface area contributed by atoms with Gasteiger partial charge in [0.05, 0.1) is 6.54 Å². The second-order valence-corrected chi connectivity index (χ2v) is 5.66. The highest BCUT2D eigenvalue weighted by molar-refractivity contribution is 7.09. The summed E-state index contributed by atoms with van der Waals surface area (Å²) >= 11 is 1.68. The Hall–Kier alpha value is -1.23. The molecule has 0 saturated heterocycles. The first kappa shape index (κ1) is 14.2. The first-order valence-electron chi connectivity index (χ1n) is 6.57. The third kappa shape index (κ3) is 4.42. The maximum absolute atomic E-state index is 9.14. The molecule has 1 aromatic heterocycles. The summed E-state index contributed by atoms with van der Waals surface area (Å²) in [5, 5.41) is 12.3. The van der Waals surface area contributed by atoms with Crippen LogP contribution in [0.15, 0.2) is 41.9 Å². The van der Waals surface area contributed by atoms with Crippen LogP contribution in [0.2, 0.25) is 0 Å². The maximum Gasteiger partial charge on any atom is 0.107 e. The summed E-state index contributed by atoms with van der Waals surface area (Å²) < 4.78 is 0. The van der Waals surface area contributed by atoms with Crippen LogP contribution in [0.1, 0.15) is 23.9 Å². The van der Waals surface area contributed by atoms with E-state index in [0.717, 1.165) is 24.5 Å². The number of hydrogen-bond acceptors (Lipinski definition) is 4. The van der Waals surface area contributed by atoms with Crippen molar-refractivity contribution in [3.63, 3.8) is 0 Å². The van der Waals surface area contributed by atoms with Crippen LogP contribution < -0.4 is 0 Å². The summed E-state index contributed by atoms with van der Waals surface area (Å²) in [6, 6.07) is 10.8. The van der Waals surface area contributed by atoms with Gasteiger partial charge >= 0.3 is 0 Å². The van der Waals surface area contributed by atoms with Crippen molar-refractivity contribution >= 4 is 11.3 Å². The smallest absolute Gasteiger partial charge is 0.107 e. The zero-order chi connectivity index (χ0) is 13.5. The van der Waals surface area contributed by atoms with Gasteiger partial charge in [0, 0.05) is 30.8 Å². The van der Waals surface area contributed by atoms with Crippen LogP contribution in [0.25, 0.3) is 0 Å². The minimum absolute atomic E-state index is 0.227. The van der Waals surface area contributed by atoms with Crippen LogP contribution in [-0.4, -0.2) is 27.6 Å². The molecule has 102 valence electrons. The van der Waals surface area contributed by atoms with Crippen LogP contribution >= 0.6 is 11.3 Å². The van der Waals surface area contributed by atoms with Gasteiger partial charge in [-0.3, -0.25) is 4.90 Å². The number of rotatable bonds is 7. The van der Waals surface area contributed by atoms with Crippen molar-refractivity contribution in [3.8, 4) is 0 Å². The second-order valence-electron chi connectivity index (χ2n) is 4.68. The van der Waals surface area contributed by atoms with E-state index in [1.807, 2.05) is 17.6 Å². The molecule has 0 spiro atoms. The van der Waals surface area contributed by atoms with Crippen LogP contribution in [0.5, 0.6) is 0 Å². The predicted octanol–water partition coefficient (Wildman–Crippen LogP) is 2.92. The highest BCUT2D eigenvalue weighted by atomic mass is 32.1. The minimum Gasteiger partial charge on any atom is -0.396 e. The molecule has 3 nitrogen and oxygen atoms in total. The van der Waals surface area contributed by atoms with E-state index in [0.29, 0.717) is 6.04 Å². The van der Waals surface area contributed by atoms with E-state index >= 15 is 0 Å². The van der Waals surface area contributed by atoms with Gasteiger partial charge in [0.1, 0.15) is 5.01 Å². The molecule has 0 bridgehead atoms. The number of thiazole rings is 1. The number of aliphatic hydroxyl groups is 1. The van der Waals surface area contributed by atoms with Gasteiger partial charge in [0.25, 0.3) is 0 Å². The van der Waals surface area contributed by atoms with Gasteiger partial charge in [-0.1, -0.05) is 30.3 Å². The number of aliphatic hydroxyl groups excluding tert-OH is 1. The molecule has 0 aliphatic heterocycles. The fourth-order valence-electron chi connectivity index (χ4n) is 2.06. The Kier molecular flexibility index (Phi) is 5.51. The van der Waals surface area contributed by atoms with Crippen LogP contribution in [-0.2, 0) is 13.1 Å². The quantitative estimate of drug-likeness (QED) is 0.844. The molecule has 0 radical (unpaired) electrons. The van der Waals surface area contributed by atoms with E-state index in [1.165, 1.54) is 5.56 Å². The molecule has 0 aliphatic carbocycles. The average Bonchev–Trinajstić information content (AvgIpc) is 2.92. The fourth-order valence-corrected chi connectivity index (χ4v) is 2.70. The van der Waals surface area contributed by atoms with E-state index in [2.05, 4.69) is 41.1 Å². The lowest BCUT2D eigenvalue weighted by molar-refractivity contribution is 0.153. The van der Waals surface area contributed by atoms with E-state index in [1.54, 1.807) is 11.3 Å². The lowest BCUT2D eigenvalue weighted by Gasteiger charge is -2.28. The molecule has 0 saturated carbocycles. The molecule has 2 rings (SSSR count). The molecule has 2 aromatic rings. The fraction of sp³-hybridized carbons (Fsp3) is 0.400. The normalized spacial score (nSPS) is 12.8. The van der Waals surface area contributed by atoms with Gasteiger partial charge in [0.2, 0.25) is 0 Å². The molecule has 4 heteroatoms. The molecule has 0 amide bonds. The first-order valence-corrected chi connectivity index (χ1v) is 7.44. The average molecular weight is 276 g/mol. The van der Waals surface area contributed by atoms with Gasteiger partial charge in [-0.25, -0.2) is 4.98 Å². The zero-order valence-corrected chi connectivity index (χ0v) is 12.0. The highest BCUT2D eigenvalue weighted by Gasteiger charge is 2.15. The Labute approximate surface area is 118 Å². The number of hydrogen-bond donors (Lipinski definition) is 1. The Morgan fingerprint density at radius 2 is 2.05 bits per heavy atom. The molecule has 1 unspecified atom stereocenters. The molecule has 1 atom stereocenters. The lowest BCUT2D eigenvalue weighted by atomic mass is 10.1. The van der Waals surface area contributed by atoms with E-state index in [9.17, 15) is 0 Å². The van der Waals surface area contributed by atoms with Crippen molar-refractivity contribution in [1.82, 2.24) is 9.88 Å². The van der Waals surface area contributed by atoms with Crippen LogP contribution in [0.3, 0.4) is 0 Å². The third-order valence-electron chi connectivity index (χ3n) is 3.22. The highest BCUT2D eigenvalue weighted by Crippen LogP contribution is 2.16. The standard InChI is InChI=1S/C15H20N2OS/c1-13(7-9-18)17(12-15-16-8-10-19-15)11-14-5-3-2-4-6-14/h2-6,8,10,13,18H,7,9,11-12H2,1H3. The Morgan fingerprint density at radius 3 is 2.68 bits per heavy atom. The minimum atomic E-state index is 0.227. The predicted molar refractivity (Wildman–Crippen MR) is 79.0 cm³/mol. The molecule has 0 aliphatic rings. The monoisotopic (exact) mass is 276 g/mol. The summed E-state index contributed by atoms with van der Waals surface area (Å²) in [5.41, 5.74) is 1.30. The van der Waals surface area contributed by atoms with Crippen molar-refractivity contribution in [2.45, 2.75) is 32.5 Å². The van der Waals surface area contributed by atoms with Crippen molar-refractivity contribution in [3.05, 3.63) is 52.5 Å². The van der Waals surface area contributed by atoms with Gasteiger partial charge in [-0.15, -0.1) is 11.3 Å². The van der Waals surface area contributed by atoms with Crippen molar-refractivity contribution in [2.24, 2.45) is 0 Å². The largest absolute Gasteiger partial charge is 0.396 e. The maximum atomic E-state index is 9.14. The summed E-state index contributed by atoms with van der Waals surface area (Å²) in [5.74, 6) is 0. The van der Waals surface area contributed by atoms with Gasteiger partial charge in [-0.05, 0) is 18.9 Å². The summed E-state index contributed by atoms with van der Waals surface area (Å²) in [6.45, 7) is 4.12. The van der Waals surface area contributed by atoms with Crippen LogP contribution in [0, 0.1) is 0 Å². The van der Waals surface area contributed by atoms with Crippen molar-refractivity contribution < 1.29 is 5.11 Å². The molecule has 19 heavy (non-hydrogen) atoms. The first-order chi connectivity index (χ1) is 9.29. The second kappa shape index (κ2) is 7.38. The molecule has 1 N–H and O–H groups in total. The molecular weight excluding hydrogens is 256 g/mol. The summed E-state index contributed by atoms with van der Waals surface area (Å²) in [7, 11) is 0. The van der Waals surface area contributed by atoms with E-state index in [4.69, 9.17) is 5.11 Å². The van der Waals surface area contributed by atoms with Crippen molar-refractivity contribution in [1.29, 1.82) is 0 Å². The molecular formula is C15H20N2OS. The molecule has 1 aromatic carbocycles. The lowest BCUT2D eigenvalue weighted by Crippen LogP contribution is -2.32. The SMILES string of the molecule is CC(CCO)N(Cc1ccccc1)Cc1nccs1. The van der Waals surface area contributed by atoms with E-state index in [-0.39, 0.29) is 6.61 Å². The topological polar surface area (TPSA) is 36.4 Å².